The van der Waals surface area contributed by atoms with Crippen molar-refractivity contribution in [3.63, 3.8) is 0 Å². The van der Waals surface area contributed by atoms with Gasteiger partial charge in [0, 0.05) is 4.88 Å². The minimum atomic E-state index is 0.00690. The monoisotopic (exact) mass is 231 g/mol. The lowest BCUT2D eigenvalue weighted by Crippen LogP contribution is -2.14. The van der Waals surface area contributed by atoms with E-state index in [0.717, 1.165) is 0 Å². The largest absolute Gasteiger partial charge is 0.320 e. The molecule has 0 bridgehead atoms. The van der Waals surface area contributed by atoms with Gasteiger partial charge in [-0.15, -0.1) is 11.3 Å². The maximum absolute atomic E-state index is 6.37. The zero-order valence-corrected chi connectivity index (χ0v) is 10.8. The van der Waals surface area contributed by atoms with Crippen molar-refractivity contribution in [1.82, 2.24) is 0 Å². The minimum Gasteiger partial charge on any atom is -0.320 e. The van der Waals surface area contributed by atoms with Gasteiger partial charge in [0.2, 0.25) is 0 Å². The second-order valence-corrected chi connectivity index (χ2v) is 5.34. The lowest BCUT2D eigenvalue weighted by molar-refractivity contribution is 0.850. The summed E-state index contributed by atoms with van der Waals surface area (Å²) in [5.41, 5.74) is 11.4. The Morgan fingerprint density at radius 1 is 1.06 bits per heavy atom. The molecule has 0 amide bonds. The van der Waals surface area contributed by atoms with Gasteiger partial charge in [-0.2, -0.15) is 0 Å². The lowest BCUT2D eigenvalue weighted by atomic mass is 9.92. The molecule has 1 nitrogen and oxygen atoms in total. The normalized spacial score (nSPS) is 12.8. The van der Waals surface area contributed by atoms with Crippen LogP contribution in [0.15, 0.2) is 29.6 Å². The summed E-state index contributed by atoms with van der Waals surface area (Å²) in [5.74, 6) is 0. The van der Waals surface area contributed by atoms with Crippen molar-refractivity contribution >= 4 is 11.3 Å². The second-order valence-electron chi connectivity index (χ2n) is 4.22. The van der Waals surface area contributed by atoms with E-state index in [1.807, 2.05) is 0 Å². The van der Waals surface area contributed by atoms with E-state index in [1.54, 1.807) is 11.3 Å². The Labute approximate surface area is 101 Å². The number of rotatable bonds is 2. The van der Waals surface area contributed by atoms with Crippen molar-refractivity contribution in [3.8, 4) is 0 Å². The molecule has 0 radical (unpaired) electrons. The first kappa shape index (κ1) is 11.4. The molecular weight excluding hydrogens is 214 g/mol. The van der Waals surface area contributed by atoms with E-state index in [2.05, 4.69) is 50.4 Å². The van der Waals surface area contributed by atoms with E-state index in [4.69, 9.17) is 5.73 Å². The highest BCUT2D eigenvalue weighted by atomic mass is 32.1. The van der Waals surface area contributed by atoms with Gasteiger partial charge in [0.15, 0.2) is 0 Å². The van der Waals surface area contributed by atoms with Gasteiger partial charge < -0.3 is 5.73 Å². The van der Waals surface area contributed by atoms with Crippen LogP contribution >= 0.6 is 11.3 Å². The van der Waals surface area contributed by atoms with Crippen molar-refractivity contribution in [3.05, 3.63) is 56.8 Å². The van der Waals surface area contributed by atoms with Crippen LogP contribution in [0.1, 0.15) is 33.2 Å². The molecule has 0 saturated carbocycles. The number of hydrogen-bond acceptors (Lipinski definition) is 2. The number of benzene rings is 1. The average molecular weight is 231 g/mol. The zero-order valence-electron chi connectivity index (χ0n) is 9.95. The van der Waals surface area contributed by atoms with Crippen LogP contribution in [0.3, 0.4) is 0 Å². The van der Waals surface area contributed by atoms with Crippen LogP contribution in [0.5, 0.6) is 0 Å². The van der Waals surface area contributed by atoms with Crippen molar-refractivity contribution in [2.24, 2.45) is 5.73 Å². The van der Waals surface area contributed by atoms with Crippen LogP contribution in [-0.2, 0) is 0 Å². The van der Waals surface area contributed by atoms with Gasteiger partial charge in [0.1, 0.15) is 0 Å². The van der Waals surface area contributed by atoms with Gasteiger partial charge >= 0.3 is 0 Å². The van der Waals surface area contributed by atoms with Crippen LogP contribution in [0, 0.1) is 20.8 Å². The van der Waals surface area contributed by atoms with Crippen molar-refractivity contribution in [2.45, 2.75) is 26.8 Å². The fraction of sp³-hybridized carbons (Fsp3) is 0.286. The fourth-order valence-electron chi connectivity index (χ4n) is 2.19. The summed E-state index contributed by atoms with van der Waals surface area (Å²) in [6.45, 7) is 6.39. The summed E-state index contributed by atoms with van der Waals surface area (Å²) in [5, 5.41) is 2.11. The number of nitrogens with two attached hydrogens (primary N) is 1. The molecule has 0 aliphatic carbocycles. The smallest absolute Gasteiger partial charge is 0.0567 e. The maximum Gasteiger partial charge on any atom is 0.0567 e. The molecule has 2 heteroatoms. The Hall–Kier alpha value is -1.12. The summed E-state index contributed by atoms with van der Waals surface area (Å²) in [6, 6.07) is 8.48. The Morgan fingerprint density at radius 3 is 2.19 bits per heavy atom. The topological polar surface area (TPSA) is 26.0 Å². The van der Waals surface area contributed by atoms with Crippen LogP contribution in [-0.4, -0.2) is 0 Å². The molecule has 1 aromatic heterocycles. The molecule has 84 valence electrons. The molecule has 0 spiro atoms. The highest BCUT2D eigenvalue weighted by Gasteiger charge is 2.15. The molecule has 0 aliphatic rings. The molecule has 2 N–H and O–H groups in total. The Balaban J connectivity index is 2.49. The quantitative estimate of drug-likeness (QED) is 0.837. The summed E-state index contributed by atoms with van der Waals surface area (Å²) in [6.07, 6.45) is 0. The van der Waals surface area contributed by atoms with Crippen LogP contribution in [0.4, 0.5) is 0 Å². The van der Waals surface area contributed by atoms with Crippen molar-refractivity contribution < 1.29 is 0 Å². The fourth-order valence-corrected chi connectivity index (χ4v) is 2.94. The third-order valence-electron chi connectivity index (χ3n) is 3.09. The minimum absolute atomic E-state index is 0.00690. The van der Waals surface area contributed by atoms with E-state index in [1.165, 1.54) is 27.1 Å². The summed E-state index contributed by atoms with van der Waals surface area (Å²) >= 11 is 1.76. The second kappa shape index (κ2) is 4.40. The first-order valence-corrected chi connectivity index (χ1v) is 6.35. The van der Waals surface area contributed by atoms with Gasteiger partial charge in [0.25, 0.3) is 0 Å². The Morgan fingerprint density at radius 2 is 1.69 bits per heavy atom. The summed E-state index contributed by atoms with van der Waals surface area (Å²) in [7, 11) is 0. The number of hydrogen-bond donors (Lipinski definition) is 1. The third kappa shape index (κ3) is 1.91. The number of thiophene rings is 1. The van der Waals surface area contributed by atoms with E-state index >= 15 is 0 Å². The molecule has 1 aromatic carbocycles. The molecule has 16 heavy (non-hydrogen) atoms. The predicted molar refractivity (Wildman–Crippen MR) is 71.0 cm³/mol. The van der Waals surface area contributed by atoms with E-state index < -0.39 is 0 Å². The van der Waals surface area contributed by atoms with Crippen LogP contribution in [0.25, 0.3) is 0 Å². The summed E-state index contributed by atoms with van der Waals surface area (Å²) < 4.78 is 0. The highest BCUT2D eigenvalue weighted by Crippen LogP contribution is 2.29. The third-order valence-corrected chi connectivity index (χ3v) is 3.95. The molecule has 0 aliphatic heterocycles. The Kier molecular flexibility index (Phi) is 3.13. The lowest BCUT2D eigenvalue weighted by Gasteiger charge is -2.17. The van der Waals surface area contributed by atoms with E-state index in [-0.39, 0.29) is 6.04 Å². The summed E-state index contributed by atoms with van der Waals surface area (Å²) in [4.78, 5) is 1.31. The maximum atomic E-state index is 6.37. The predicted octanol–water partition coefficient (Wildman–Crippen LogP) is 3.72. The Bertz CT molecular complexity index is 479. The molecular formula is C14H17NS. The average Bonchev–Trinajstić information content (AvgIpc) is 2.64. The molecule has 1 atom stereocenters. The van der Waals surface area contributed by atoms with E-state index in [0.29, 0.717) is 0 Å². The first-order chi connectivity index (χ1) is 7.61. The SMILES string of the molecule is Cc1cccc(C)c1C(N)c1ccsc1C. The van der Waals surface area contributed by atoms with E-state index in [9.17, 15) is 0 Å². The molecule has 2 rings (SSSR count). The van der Waals surface area contributed by atoms with Gasteiger partial charge in [0.05, 0.1) is 6.04 Å². The molecule has 0 saturated heterocycles. The molecule has 2 aromatic rings. The van der Waals surface area contributed by atoms with Crippen LogP contribution < -0.4 is 5.73 Å². The van der Waals surface area contributed by atoms with Crippen molar-refractivity contribution in [1.29, 1.82) is 0 Å². The van der Waals surface area contributed by atoms with Gasteiger partial charge in [-0.1, -0.05) is 18.2 Å². The van der Waals surface area contributed by atoms with Gasteiger partial charge in [-0.05, 0) is 54.5 Å². The first-order valence-electron chi connectivity index (χ1n) is 5.47. The number of aryl methyl sites for hydroxylation is 3. The van der Waals surface area contributed by atoms with Crippen LogP contribution in [0.2, 0.25) is 0 Å². The van der Waals surface area contributed by atoms with Gasteiger partial charge in [-0.3, -0.25) is 0 Å². The van der Waals surface area contributed by atoms with Crippen molar-refractivity contribution in [2.75, 3.05) is 0 Å². The molecule has 0 fully saturated rings. The van der Waals surface area contributed by atoms with Gasteiger partial charge in [-0.25, -0.2) is 0 Å². The molecule has 1 unspecified atom stereocenters. The standard InChI is InChI=1S/C14H17NS/c1-9-5-4-6-10(2)13(9)14(15)12-7-8-16-11(12)3/h4-8,14H,15H2,1-3H3. The highest BCUT2D eigenvalue weighted by molar-refractivity contribution is 7.10. The molecule has 1 heterocycles. The zero-order chi connectivity index (χ0) is 11.7.